The molecular weight excluding hydrogens is 266 g/mol. The molecule has 0 aliphatic heterocycles. The number of carbonyl (C=O) groups is 1. The molecule has 3 aromatic rings. The van der Waals surface area contributed by atoms with Gasteiger partial charge in [0.15, 0.2) is 6.29 Å². The van der Waals surface area contributed by atoms with Crippen molar-refractivity contribution in [2.75, 3.05) is 5.32 Å². The van der Waals surface area contributed by atoms with Crippen molar-refractivity contribution in [3.05, 3.63) is 70.1 Å². The number of aldehydes is 1. The van der Waals surface area contributed by atoms with Crippen LogP contribution in [0.15, 0.2) is 57.7 Å². The number of anilines is 2. The first kappa shape index (κ1) is 13.1. The second-order valence-corrected chi connectivity index (χ2v) is 4.78. The van der Waals surface area contributed by atoms with Crippen molar-refractivity contribution < 1.29 is 9.21 Å². The van der Waals surface area contributed by atoms with E-state index in [1.54, 1.807) is 12.1 Å². The number of fused-ring (bicyclic) bond motifs is 1. The van der Waals surface area contributed by atoms with E-state index in [2.05, 4.69) is 5.32 Å². The molecule has 0 fully saturated rings. The molecule has 0 aliphatic carbocycles. The Morgan fingerprint density at radius 3 is 2.48 bits per heavy atom. The molecule has 0 spiro atoms. The van der Waals surface area contributed by atoms with Crippen LogP contribution >= 0.6 is 0 Å². The van der Waals surface area contributed by atoms with Crippen LogP contribution in [0.3, 0.4) is 0 Å². The quantitative estimate of drug-likeness (QED) is 0.587. The summed E-state index contributed by atoms with van der Waals surface area (Å²) in [6, 6.07) is 14.8. The summed E-state index contributed by atoms with van der Waals surface area (Å²) in [5.41, 5.74) is 2.21. The van der Waals surface area contributed by atoms with Gasteiger partial charge in [-0.1, -0.05) is 29.8 Å². The minimum absolute atomic E-state index is 0.00530. The lowest BCUT2D eigenvalue weighted by molar-refractivity contribution is 0.112. The second-order valence-electron chi connectivity index (χ2n) is 4.78. The summed E-state index contributed by atoms with van der Waals surface area (Å²) in [6.07, 6.45) is 0.523. The van der Waals surface area contributed by atoms with Gasteiger partial charge in [-0.25, -0.2) is 4.79 Å². The maximum atomic E-state index is 11.9. The lowest BCUT2D eigenvalue weighted by atomic mass is 10.1. The first-order valence-corrected chi connectivity index (χ1v) is 6.54. The van der Waals surface area contributed by atoms with Gasteiger partial charge in [-0.05, 0) is 31.2 Å². The van der Waals surface area contributed by atoms with Gasteiger partial charge in [0.2, 0.25) is 0 Å². The molecule has 21 heavy (non-hydrogen) atoms. The van der Waals surface area contributed by atoms with Crippen LogP contribution < -0.4 is 10.9 Å². The van der Waals surface area contributed by atoms with Crippen LogP contribution in [0.1, 0.15) is 15.9 Å². The average Bonchev–Trinajstić information content (AvgIpc) is 2.49. The van der Waals surface area contributed by atoms with Crippen LogP contribution in [-0.4, -0.2) is 6.29 Å². The summed E-state index contributed by atoms with van der Waals surface area (Å²) in [4.78, 5) is 23.1. The van der Waals surface area contributed by atoms with E-state index in [1.165, 1.54) is 0 Å². The van der Waals surface area contributed by atoms with Crippen molar-refractivity contribution in [3.63, 3.8) is 0 Å². The molecule has 0 radical (unpaired) electrons. The summed E-state index contributed by atoms with van der Waals surface area (Å²) >= 11 is 0. The van der Waals surface area contributed by atoms with E-state index in [9.17, 15) is 9.59 Å². The van der Waals surface area contributed by atoms with Crippen LogP contribution in [0.5, 0.6) is 0 Å². The van der Waals surface area contributed by atoms with Crippen molar-refractivity contribution in [1.82, 2.24) is 0 Å². The molecule has 0 amide bonds. The summed E-state index contributed by atoms with van der Waals surface area (Å²) < 4.78 is 5.15. The second kappa shape index (κ2) is 5.25. The molecule has 3 rings (SSSR count). The van der Waals surface area contributed by atoms with Crippen molar-refractivity contribution in [2.45, 2.75) is 6.92 Å². The number of hydrogen-bond donors (Lipinski definition) is 1. The molecule has 1 N–H and O–H groups in total. The smallest absolute Gasteiger partial charge is 0.349 e. The molecule has 1 aromatic heterocycles. The minimum atomic E-state index is -0.640. The van der Waals surface area contributed by atoms with Crippen LogP contribution in [0.4, 0.5) is 11.4 Å². The van der Waals surface area contributed by atoms with E-state index < -0.39 is 5.63 Å². The number of aryl methyl sites for hydroxylation is 1. The largest absolute Gasteiger partial charge is 0.422 e. The van der Waals surface area contributed by atoms with Gasteiger partial charge < -0.3 is 9.73 Å². The monoisotopic (exact) mass is 279 g/mol. The molecule has 0 atom stereocenters. The number of benzene rings is 2. The SMILES string of the molecule is Cc1ccc(Nc2c(C=O)c(=O)oc3ccccc23)cc1. The highest BCUT2D eigenvalue weighted by Gasteiger charge is 2.13. The topological polar surface area (TPSA) is 59.3 Å². The predicted molar refractivity (Wildman–Crippen MR) is 82.3 cm³/mol. The summed E-state index contributed by atoms with van der Waals surface area (Å²) in [5.74, 6) is 0. The molecule has 4 heteroatoms. The third-order valence-corrected chi connectivity index (χ3v) is 3.29. The average molecular weight is 279 g/mol. The van der Waals surface area contributed by atoms with E-state index in [-0.39, 0.29) is 5.56 Å². The highest BCUT2D eigenvalue weighted by Crippen LogP contribution is 2.27. The number of hydrogen-bond acceptors (Lipinski definition) is 4. The molecule has 2 aromatic carbocycles. The van der Waals surface area contributed by atoms with Crippen molar-refractivity contribution in [1.29, 1.82) is 0 Å². The minimum Gasteiger partial charge on any atom is -0.422 e. The number of rotatable bonds is 3. The van der Waals surface area contributed by atoms with Gasteiger partial charge in [-0.15, -0.1) is 0 Å². The molecule has 0 saturated carbocycles. The Labute approximate surface area is 121 Å². The lowest BCUT2D eigenvalue weighted by Gasteiger charge is -2.11. The van der Waals surface area contributed by atoms with Gasteiger partial charge >= 0.3 is 5.63 Å². The van der Waals surface area contributed by atoms with Gasteiger partial charge in [-0.2, -0.15) is 0 Å². The van der Waals surface area contributed by atoms with E-state index in [0.717, 1.165) is 11.3 Å². The molecule has 0 aliphatic rings. The predicted octanol–water partition coefficient (Wildman–Crippen LogP) is 3.66. The van der Waals surface area contributed by atoms with Crippen LogP contribution in [0.25, 0.3) is 11.0 Å². The van der Waals surface area contributed by atoms with Gasteiger partial charge in [0.1, 0.15) is 11.1 Å². The maximum Gasteiger partial charge on any atom is 0.349 e. The van der Waals surface area contributed by atoms with Crippen molar-refractivity contribution in [3.8, 4) is 0 Å². The Morgan fingerprint density at radius 1 is 1.05 bits per heavy atom. The number of nitrogens with one attached hydrogen (secondary N) is 1. The molecule has 4 nitrogen and oxygen atoms in total. The fraction of sp³-hybridized carbons (Fsp3) is 0.0588. The number of carbonyl (C=O) groups excluding carboxylic acids is 1. The van der Waals surface area contributed by atoms with Crippen molar-refractivity contribution >= 4 is 28.6 Å². The third-order valence-electron chi connectivity index (χ3n) is 3.29. The zero-order valence-electron chi connectivity index (χ0n) is 11.4. The lowest BCUT2D eigenvalue weighted by Crippen LogP contribution is -2.10. The Hall–Kier alpha value is -2.88. The first-order valence-electron chi connectivity index (χ1n) is 6.54. The molecular formula is C17H13NO3. The first-order chi connectivity index (χ1) is 10.2. The molecule has 1 heterocycles. The van der Waals surface area contributed by atoms with E-state index in [1.807, 2.05) is 43.3 Å². The fourth-order valence-electron chi connectivity index (χ4n) is 2.19. The van der Waals surface area contributed by atoms with E-state index in [4.69, 9.17) is 4.42 Å². The summed E-state index contributed by atoms with van der Waals surface area (Å²) in [7, 11) is 0. The Bertz CT molecular complexity index is 863. The van der Waals surface area contributed by atoms with Gasteiger partial charge in [0.05, 0.1) is 5.69 Å². The molecule has 0 saturated heterocycles. The number of para-hydroxylation sites is 1. The fourth-order valence-corrected chi connectivity index (χ4v) is 2.19. The van der Waals surface area contributed by atoms with Gasteiger partial charge in [0, 0.05) is 11.1 Å². The molecule has 104 valence electrons. The summed E-state index contributed by atoms with van der Waals surface area (Å²) in [5, 5.41) is 3.84. The Kier molecular flexibility index (Phi) is 3.28. The molecule has 0 bridgehead atoms. The van der Waals surface area contributed by atoms with E-state index >= 15 is 0 Å². The zero-order chi connectivity index (χ0) is 14.8. The standard InChI is InChI=1S/C17H13NO3/c1-11-6-8-12(9-7-11)18-16-13-4-2-3-5-15(13)21-17(20)14(16)10-19/h2-10,18H,1H3. The Morgan fingerprint density at radius 2 is 1.76 bits per heavy atom. The molecule has 0 unspecified atom stereocenters. The van der Waals surface area contributed by atoms with Gasteiger partial charge in [-0.3, -0.25) is 4.79 Å². The highest BCUT2D eigenvalue weighted by molar-refractivity contribution is 6.00. The zero-order valence-corrected chi connectivity index (χ0v) is 11.4. The van der Waals surface area contributed by atoms with Crippen LogP contribution in [0.2, 0.25) is 0 Å². The normalized spacial score (nSPS) is 10.5. The van der Waals surface area contributed by atoms with Crippen LogP contribution in [0, 0.1) is 6.92 Å². The van der Waals surface area contributed by atoms with E-state index in [0.29, 0.717) is 22.9 Å². The van der Waals surface area contributed by atoms with Crippen molar-refractivity contribution in [2.24, 2.45) is 0 Å². The highest BCUT2D eigenvalue weighted by atomic mass is 16.4. The Balaban J connectivity index is 2.21. The maximum absolute atomic E-state index is 11.9. The van der Waals surface area contributed by atoms with Gasteiger partial charge in [0.25, 0.3) is 0 Å². The third kappa shape index (κ3) is 2.43. The summed E-state index contributed by atoms with van der Waals surface area (Å²) in [6.45, 7) is 1.99. The van der Waals surface area contributed by atoms with Crippen LogP contribution in [-0.2, 0) is 0 Å².